The Morgan fingerprint density at radius 1 is 0.826 bits per heavy atom. The Hall–Kier alpha value is 0.390. The van der Waals surface area contributed by atoms with Crippen LogP contribution in [0.4, 0.5) is 0 Å². The maximum atomic E-state index is 10.3. The summed E-state index contributed by atoms with van der Waals surface area (Å²) in [6, 6.07) is 7.19. The molecule has 0 radical (unpaired) electrons. The smallest absolute Gasteiger partial charge is 0.124 e. The Morgan fingerprint density at radius 2 is 1.26 bits per heavy atom. The standard InChI is InChI=1S/C12H25.C6H6O3S.Ca/c1-3-5-7-9-11-12-10-8-6-4-2;7-10(8,9)6-4-2-1-3-5-6;/h1,3-12H2,2H3;1-5H,(H,7,8,9);/q;;+1/p-1. The zero-order chi connectivity index (χ0) is 17.4. The van der Waals surface area contributed by atoms with Crippen LogP contribution >= 0.6 is 0 Å². The molecule has 0 fully saturated rings. The third-order valence-corrected chi connectivity index (χ3v) is 5.27. The zero-order valence-corrected chi connectivity index (χ0v) is 17.5. The van der Waals surface area contributed by atoms with E-state index in [1.165, 1.54) is 127 Å². The monoisotopic (exact) mass is 366 g/mol. The minimum atomic E-state index is -4.25. The molecule has 0 aliphatic rings. The van der Waals surface area contributed by atoms with Crippen molar-refractivity contribution in [2.45, 2.75) is 78.5 Å². The van der Waals surface area contributed by atoms with Gasteiger partial charge in [-0.1, -0.05) is 18.2 Å². The van der Waals surface area contributed by atoms with Crippen LogP contribution in [-0.4, -0.2) is 48.8 Å². The van der Waals surface area contributed by atoms with Crippen molar-refractivity contribution < 1.29 is 13.0 Å². The number of rotatable bonds is 11. The fraction of sp³-hybridized carbons (Fsp3) is 0.667. The van der Waals surface area contributed by atoms with Crippen molar-refractivity contribution in [3.8, 4) is 0 Å². The normalized spacial score (nSPS) is 11.0. The van der Waals surface area contributed by atoms with Crippen molar-refractivity contribution in [1.82, 2.24) is 0 Å². The summed E-state index contributed by atoms with van der Waals surface area (Å²) < 4.78 is 32.3. The van der Waals surface area contributed by atoms with E-state index in [1.54, 1.807) is 6.07 Å². The molecule has 0 N–H and O–H groups in total. The second kappa shape index (κ2) is 15.9. The molecule has 0 amide bonds. The van der Waals surface area contributed by atoms with E-state index < -0.39 is 10.1 Å². The van der Waals surface area contributed by atoms with E-state index in [1.807, 2.05) is 0 Å². The molecule has 1 rings (SSSR count). The van der Waals surface area contributed by atoms with E-state index in [2.05, 4.69) is 6.92 Å². The maximum absolute atomic E-state index is 10.3. The molecule has 128 valence electrons. The summed E-state index contributed by atoms with van der Waals surface area (Å²) in [7, 11) is -4.25. The minimum Gasteiger partial charge on any atom is -0.744 e. The van der Waals surface area contributed by atoms with Crippen LogP contribution in [0.5, 0.6) is 0 Å². The van der Waals surface area contributed by atoms with Gasteiger partial charge in [-0.25, -0.2) is 8.42 Å². The van der Waals surface area contributed by atoms with Gasteiger partial charge in [-0.3, -0.25) is 0 Å². The second-order valence-electron chi connectivity index (χ2n) is 5.80. The summed E-state index contributed by atoms with van der Waals surface area (Å²) in [5.74, 6) is 0. The maximum Gasteiger partial charge on any atom is 0.124 e. The first-order valence-corrected chi connectivity index (χ1v) is 11.8. The van der Waals surface area contributed by atoms with Crippen molar-refractivity contribution in [2.75, 3.05) is 0 Å². The molecule has 5 heteroatoms. The van der Waals surface area contributed by atoms with Crippen molar-refractivity contribution in [3.63, 3.8) is 0 Å². The quantitative estimate of drug-likeness (QED) is 0.311. The SMILES string of the molecule is CCCCCCCCCCC[CH2][Ca+].O=S(=O)([O-])c1ccccc1. The largest absolute Gasteiger partial charge is 0.744 e. The molecule has 0 unspecified atom stereocenters. The van der Waals surface area contributed by atoms with Crippen molar-refractivity contribution >= 4 is 45.9 Å². The number of unbranched alkanes of at least 4 members (excludes halogenated alkanes) is 9. The molecule has 3 nitrogen and oxygen atoms in total. The van der Waals surface area contributed by atoms with Crippen LogP contribution in [0.3, 0.4) is 0 Å². The molecule has 1 aromatic rings. The summed E-state index contributed by atoms with van der Waals surface area (Å²) in [6.07, 6.45) is 14.7. The van der Waals surface area contributed by atoms with Gasteiger partial charge in [0.25, 0.3) is 0 Å². The van der Waals surface area contributed by atoms with Gasteiger partial charge in [0.15, 0.2) is 0 Å². The second-order valence-corrected chi connectivity index (χ2v) is 8.29. The summed E-state index contributed by atoms with van der Waals surface area (Å²) in [5, 5.41) is 0. The molecule has 0 spiro atoms. The molecule has 0 atom stereocenters. The summed E-state index contributed by atoms with van der Waals surface area (Å²) in [5.41, 5.74) is 0. The first-order valence-electron chi connectivity index (χ1n) is 8.82. The van der Waals surface area contributed by atoms with Crippen LogP contribution in [-0.2, 0) is 10.1 Å². The van der Waals surface area contributed by atoms with E-state index in [4.69, 9.17) is 0 Å². The van der Waals surface area contributed by atoms with E-state index in [0.29, 0.717) is 0 Å². The van der Waals surface area contributed by atoms with Crippen LogP contribution in [0.2, 0.25) is 2.52 Å². The summed E-state index contributed by atoms with van der Waals surface area (Å²) >= 11 is 1.50. The Labute approximate surface area is 166 Å². The van der Waals surface area contributed by atoms with Crippen molar-refractivity contribution in [2.24, 2.45) is 0 Å². The number of hydrogen-bond donors (Lipinski definition) is 0. The van der Waals surface area contributed by atoms with Crippen LogP contribution in [0, 0.1) is 0 Å². The van der Waals surface area contributed by atoms with Gasteiger partial charge < -0.3 is 4.55 Å². The average Bonchev–Trinajstić information content (AvgIpc) is 2.54. The molecular formula is C18H30CaO3S. The fourth-order valence-electron chi connectivity index (χ4n) is 2.25. The molecule has 0 bridgehead atoms. The Morgan fingerprint density at radius 3 is 1.61 bits per heavy atom. The minimum absolute atomic E-state index is 0.185. The Bertz CT molecular complexity index is 450. The predicted molar refractivity (Wildman–Crippen MR) is 96.8 cm³/mol. The average molecular weight is 367 g/mol. The zero-order valence-electron chi connectivity index (χ0n) is 14.5. The Kier molecular flexibility index (Phi) is 16.2. The Balaban J connectivity index is 0.000000433. The van der Waals surface area contributed by atoms with Crippen molar-refractivity contribution in [1.29, 1.82) is 0 Å². The van der Waals surface area contributed by atoms with Gasteiger partial charge in [0.05, 0.1) is 4.90 Å². The fourth-order valence-corrected chi connectivity index (χ4v) is 3.29. The molecule has 0 aliphatic heterocycles. The van der Waals surface area contributed by atoms with Crippen molar-refractivity contribution in [3.05, 3.63) is 30.3 Å². The van der Waals surface area contributed by atoms with E-state index in [0.717, 1.165) is 0 Å². The topological polar surface area (TPSA) is 57.2 Å². The molecule has 1 aromatic carbocycles. The third kappa shape index (κ3) is 15.6. The van der Waals surface area contributed by atoms with E-state index in [-0.39, 0.29) is 4.90 Å². The number of benzene rings is 1. The van der Waals surface area contributed by atoms with Gasteiger partial charge in [-0.15, -0.1) is 0 Å². The van der Waals surface area contributed by atoms with Crippen LogP contribution in [0.1, 0.15) is 71.1 Å². The molecule has 0 saturated carbocycles. The molecule has 23 heavy (non-hydrogen) atoms. The summed E-state index contributed by atoms with van der Waals surface area (Å²) in [6.45, 7) is 2.29. The third-order valence-electron chi connectivity index (χ3n) is 3.64. The molecule has 0 aliphatic carbocycles. The number of hydrogen-bond acceptors (Lipinski definition) is 3. The summed E-state index contributed by atoms with van der Waals surface area (Å²) in [4.78, 5) is -0.185. The van der Waals surface area contributed by atoms with Gasteiger partial charge in [0, 0.05) is 0 Å². The van der Waals surface area contributed by atoms with E-state index in [9.17, 15) is 13.0 Å². The van der Waals surface area contributed by atoms with E-state index >= 15 is 0 Å². The predicted octanol–water partition coefficient (Wildman–Crippen LogP) is 5.08. The van der Waals surface area contributed by atoms with Crippen LogP contribution < -0.4 is 0 Å². The first kappa shape index (κ1) is 23.4. The van der Waals surface area contributed by atoms with Gasteiger partial charge in [0.1, 0.15) is 10.1 Å². The first-order chi connectivity index (χ1) is 11.0. The molecule has 0 heterocycles. The van der Waals surface area contributed by atoms with Gasteiger partial charge in [-0.05, 0) is 12.1 Å². The molecular weight excluding hydrogens is 336 g/mol. The van der Waals surface area contributed by atoms with Crippen LogP contribution in [0.25, 0.3) is 0 Å². The van der Waals surface area contributed by atoms with Crippen LogP contribution in [0.15, 0.2) is 35.2 Å². The van der Waals surface area contributed by atoms with Gasteiger partial charge in [-0.2, -0.15) is 0 Å². The molecule has 0 saturated heterocycles. The molecule has 0 aromatic heterocycles. The van der Waals surface area contributed by atoms with Gasteiger partial charge in [0.2, 0.25) is 0 Å². The van der Waals surface area contributed by atoms with Gasteiger partial charge >= 0.3 is 109 Å².